The van der Waals surface area contributed by atoms with Gasteiger partial charge in [0.05, 0.1) is 17.2 Å². The Morgan fingerprint density at radius 2 is 1.60 bits per heavy atom. The number of amides is 2. The Labute approximate surface area is 258 Å². The molecule has 2 atom stereocenters. The molecule has 0 heterocycles. The number of ether oxygens (including phenoxy) is 1. The highest BCUT2D eigenvalue weighted by Crippen LogP contribution is 2.28. The summed E-state index contributed by atoms with van der Waals surface area (Å²) in [4.78, 5) is 28.6. The molecule has 0 saturated heterocycles. The van der Waals surface area contributed by atoms with Gasteiger partial charge in [0.1, 0.15) is 18.3 Å². The average molecular weight is 635 g/mol. The first-order valence-electron chi connectivity index (χ1n) is 13.7. The molecule has 2 amide bonds. The maximum absolute atomic E-state index is 14.1. The van der Waals surface area contributed by atoms with E-state index in [9.17, 15) is 18.0 Å². The lowest BCUT2D eigenvalue weighted by Gasteiger charge is -2.32. The summed E-state index contributed by atoms with van der Waals surface area (Å²) >= 11 is 12.5. The number of rotatable bonds is 13. The van der Waals surface area contributed by atoms with Crippen LogP contribution in [-0.4, -0.2) is 50.4 Å². The van der Waals surface area contributed by atoms with Crippen LogP contribution in [0.1, 0.15) is 45.2 Å². The second-order valence-corrected chi connectivity index (χ2v) is 12.7. The Morgan fingerprint density at radius 1 is 0.952 bits per heavy atom. The van der Waals surface area contributed by atoms with Crippen molar-refractivity contribution < 1.29 is 22.7 Å². The summed E-state index contributed by atoms with van der Waals surface area (Å²) in [5, 5.41) is 3.66. The molecule has 226 valence electrons. The number of hydrogen-bond acceptors (Lipinski definition) is 5. The van der Waals surface area contributed by atoms with Crippen molar-refractivity contribution in [3.8, 4) is 5.75 Å². The number of halogens is 2. The quantitative estimate of drug-likeness (QED) is 0.241. The van der Waals surface area contributed by atoms with Gasteiger partial charge in [-0.2, -0.15) is 0 Å². The highest BCUT2D eigenvalue weighted by Gasteiger charge is 2.33. The van der Waals surface area contributed by atoms with Crippen LogP contribution in [0.5, 0.6) is 5.75 Å². The van der Waals surface area contributed by atoms with E-state index in [1.165, 1.54) is 17.0 Å². The lowest BCUT2D eigenvalue weighted by atomic mass is 10.1. The third-order valence-corrected chi connectivity index (χ3v) is 9.22. The first-order valence-corrected chi connectivity index (χ1v) is 15.9. The van der Waals surface area contributed by atoms with E-state index in [4.69, 9.17) is 27.9 Å². The fraction of sp³-hybridized carbons (Fsp3) is 0.355. The van der Waals surface area contributed by atoms with Gasteiger partial charge in [0.25, 0.3) is 10.0 Å². The number of anilines is 1. The van der Waals surface area contributed by atoms with Gasteiger partial charge in [-0.25, -0.2) is 8.42 Å². The predicted molar refractivity (Wildman–Crippen MR) is 168 cm³/mol. The molecule has 0 aliphatic carbocycles. The number of carbonyl (C=O) groups is 2. The molecule has 0 radical (unpaired) electrons. The van der Waals surface area contributed by atoms with Crippen LogP contribution in [0, 0.1) is 6.92 Å². The van der Waals surface area contributed by atoms with Gasteiger partial charge in [0.15, 0.2) is 0 Å². The summed E-state index contributed by atoms with van der Waals surface area (Å²) in [6, 6.07) is 16.7. The van der Waals surface area contributed by atoms with Crippen molar-refractivity contribution in [2.45, 2.75) is 64.6 Å². The third-order valence-electron chi connectivity index (χ3n) is 6.85. The third kappa shape index (κ3) is 8.40. The highest BCUT2D eigenvalue weighted by molar-refractivity contribution is 7.92. The summed E-state index contributed by atoms with van der Waals surface area (Å²) in [6.07, 6.45) is 0.704. The minimum Gasteiger partial charge on any atom is -0.494 e. The Bertz CT molecular complexity index is 1480. The molecule has 3 aromatic rings. The molecule has 0 aromatic heterocycles. The Kier molecular flexibility index (Phi) is 11.7. The monoisotopic (exact) mass is 633 g/mol. The van der Waals surface area contributed by atoms with E-state index >= 15 is 0 Å². The molecule has 0 unspecified atom stereocenters. The van der Waals surface area contributed by atoms with Gasteiger partial charge in [-0.05, 0) is 88.2 Å². The van der Waals surface area contributed by atoms with Crippen LogP contribution in [0.3, 0.4) is 0 Å². The van der Waals surface area contributed by atoms with Crippen molar-refractivity contribution in [1.82, 2.24) is 10.2 Å². The van der Waals surface area contributed by atoms with Gasteiger partial charge in [0, 0.05) is 22.6 Å². The maximum Gasteiger partial charge on any atom is 0.264 e. The fourth-order valence-electron chi connectivity index (χ4n) is 4.12. The Hall–Kier alpha value is -3.27. The molecule has 3 rings (SSSR count). The number of aryl methyl sites for hydroxylation is 1. The first-order chi connectivity index (χ1) is 19.9. The average Bonchev–Trinajstić information content (AvgIpc) is 2.95. The number of benzene rings is 3. The molecule has 3 aromatic carbocycles. The first kappa shape index (κ1) is 33.2. The zero-order chi connectivity index (χ0) is 31.0. The SMILES string of the molecule is CCOc1ccc(N(CC(=O)N(Cc2ccc(Cl)cc2Cl)[C@H](C)C(=O)N[C@H](C)CC)S(=O)(=O)c2ccc(C)cc2)cc1. The van der Waals surface area contributed by atoms with Crippen molar-refractivity contribution in [2.75, 3.05) is 17.5 Å². The van der Waals surface area contributed by atoms with Crippen LogP contribution >= 0.6 is 23.2 Å². The van der Waals surface area contributed by atoms with Crippen LogP contribution in [-0.2, 0) is 26.2 Å². The summed E-state index contributed by atoms with van der Waals surface area (Å²) < 4.78 is 34.5. The lowest BCUT2D eigenvalue weighted by Crippen LogP contribution is -2.52. The number of nitrogens with one attached hydrogen (secondary N) is 1. The molecule has 11 heteroatoms. The van der Waals surface area contributed by atoms with E-state index in [1.54, 1.807) is 61.5 Å². The summed E-state index contributed by atoms with van der Waals surface area (Å²) in [5.74, 6) is -0.385. The molecule has 0 aliphatic rings. The number of nitrogens with zero attached hydrogens (tertiary/aromatic N) is 2. The van der Waals surface area contributed by atoms with E-state index in [0.717, 1.165) is 9.87 Å². The molecule has 8 nitrogen and oxygen atoms in total. The molecule has 0 fully saturated rings. The van der Waals surface area contributed by atoms with E-state index in [2.05, 4.69) is 5.32 Å². The van der Waals surface area contributed by atoms with Gasteiger partial charge in [-0.15, -0.1) is 0 Å². The van der Waals surface area contributed by atoms with E-state index in [0.29, 0.717) is 34.4 Å². The van der Waals surface area contributed by atoms with E-state index < -0.39 is 28.5 Å². The van der Waals surface area contributed by atoms with Gasteiger partial charge in [-0.1, -0.05) is 53.9 Å². The normalized spacial score (nSPS) is 12.7. The van der Waals surface area contributed by atoms with Crippen LogP contribution in [0.2, 0.25) is 10.0 Å². The zero-order valence-electron chi connectivity index (χ0n) is 24.4. The van der Waals surface area contributed by atoms with Crippen LogP contribution in [0.15, 0.2) is 71.6 Å². The second kappa shape index (κ2) is 14.8. The number of carbonyl (C=O) groups excluding carboxylic acids is 2. The number of sulfonamides is 1. The molecular weight excluding hydrogens is 597 g/mol. The van der Waals surface area contributed by atoms with Crippen molar-refractivity contribution in [2.24, 2.45) is 0 Å². The molecular formula is C31H37Cl2N3O5S. The zero-order valence-corrected chi connectivity index (χ0v) is 26.8. The van der Waals surface area contributed by atoms with Crippen molar-refractivity contribution >= 4 is 50.7 Å². The van der Waals surface area contributed by atoms with Crippen LogP contribution < -0.4 is 14.4 Å². The van der Waals surface area contributed by atoms with Crippen LogP contribution in [0.4, 0.5) is 5.69 Å². The van der Waals surface area contributed by atoms with E-state index in [1.807, 2.05) is 27.7 Å². The minimum absolute atomic E-state index is 0.0321. The Morgan fingerprint density at radius 3 is 2.17 bits per heavy atom. The second-order valence-electron chi connectivity index (χ2n) is 10.0. The van der Waals surface area contributed by atoms with E-state index in [-0.39, 0.29) is 29.1 Å². The lowest BCUT2D eigenvalue weighted by molar-refractivity contribution is -0.139. The fourth-order valence-corrected chi connectivity index (χ4v) is 6.01. The molecule has 0 spiro atoms. The van der Waals surface area contributed by atoms with Crippen LogP contribution in [0.25, 0.3) is 0 Å². The van der Waals surface area contributed by atoms with Gasteiger partial charge in [-0.3, -0.25) is 13.9 Å². The largest absolute Gasteiger partial charge is 0.494 e. The number of hydrogen-bond donors (Lipinski definition) is 1. The summed E-state index contributed by atoms with van der Waals surface area (Å²) in [6.45, 7) is 8.97. The highest BCUT2D eigenvalue weighted by atomic mass is 35.5. The smallest absolute Gasteiger partial charge is 0.264 e. The summed E-state index contributed by atoms with van der Waals surface area (Å²) in [5.41, 5.74) is 1.73. The molecule has 0 saturated carbocycles. The van der Waals surface area contributed by atoms with Crippen molar-refractivity contribution in [3.63, 3.8) is 0 Å². The molecule has 0 aliphatic heterocycles. The minimum atomic E-state index is -4.18. The standard InChI is InChI=1S/C31H37Cl2N3O5S/c1-6-22(4)34-31(38)23(5)35(19-24-10-11-25(32)18-29(24)33)30(37)20-36(26-12-14-27(15-13-26)41-7-2)42(39,40)28-16-8-21(3)9-17-28/h8-18,22-23H,6-7,19-20H2,1-5H3,(H,34,38)/t22-,23-/m1/s1. The van der Waals surface area contributed by atoms with Crippen molar-refractivity contribution in [3.05, 3.63) is 87.9 Å². The van der Waals surface area contributed by atoms with Crippen molar-refractivity contribution in [1.29, 1.82) is 0 Å². The van der Waals surface area contributed by atoms with Gasteiger partial charge >= 0.3 is 0 Å². The topological polar surface area (TPSA) is 96.0 Å². The maximum atomic E-state index is 14.1. The molecule has 1 N–H and O–H groups in total. The van der Waals surface area contributed by atoms with Gasteiger partial charge in [0.2, 0.25) is 11.8 Å². The predicted octanol–water partition coefficient (Wildman–Crippen LogP) is 6.23. The molecule has 0 bridgehead atoms. The Balaban J connectivity index is 2.05. The molecule has 42 heavy (non-hydrogen) atoms. The van der Waals surface area contributed by atoms with Gasteiger partial charge < -0.3 is 15.0 Å². The summed E-state index contributed by atoms with van der Waals surface area (Å²) in [7, 11) is -4.18.